The number of nitrogens with one attached hydrogen (secondary N) is 1. The van der Waals surface area contributed by atoms with E-state index in [1.54, 1.807) is 29.2 Å². The Hall–Kier alpha value is -2.93. The molecule has 0 aliphatic carbocycles. The minimum Gasteiger partial charge on any atom is -0.494 e. The van der Waals surface area contributed by atoms with E-state index >= 15 is 0 Å². The van der Waals surface area contributed by atoms with Crippen LogP contribution in [0.2, 0.25) is 0 Å². The highest BCUT2D eigenvalue weighted by Crippen LogP contribution is 2.23. The summed E-state index contributed by atoms with van der Waals surface area (Å²) in [4.78, 5) is 27.9. The molecule has 2 aromatic rings. The van der Waals surface area contributed by atoms with E-state index in [0.29, 0.717) is 25.2 Å². The molecule has 1 aliphatic heterocycles. The molecule has 6 nitrogen and oxygen atoms in total. The first kappa shape index (κ1) is 20.8. The Balaban J connectivity index is 1.55. The number of benzene rings is 2. The number of nitrogens with zero attached hydrogens (tertiary/aromatic N) is 2. The van der Waals surface area contributed by atoms with Crippen LogP contribution in [0, 0.1) is 5.82 Å². The van der Waals surface area contributed by atoms with E-state index in [1.165, 1.54) is 13.2 Å². The summed E-state index contributed by atoms with van der Waals surface area (Å²) in [5.41, 5.74) is 2.30. The smallest absolute Gasteiger partial charge is 0.238 e. The Morgan fingerprint density at radius 2 is 2.00 bits per heavy atom. The van der Waals surface area contributed by atoms with Gasteiger partial charge in [0.05, 0.1) is 13.7 Å². The number of likely N-dealkylation sites (N-methyl/N-ethyl adjacent to an activating group) is 1. The highest BCUT2D eigenvalue weighted by Gasteiger charge is 2.21. The van der Waals surface area contributed by atoms with Crippen LogP contribution in [0.4, 0.5) is 15.8 Å². The lowest BCUT2D eigenvalue weighted by Gasteiger charge is -2.20. The minimum absolute atomic E-state index is 0.135. The molecule has 1 saturated heterocycles. The summed E-state index contributed by atoms with van der Waals surface area (Å²) < 4.78 is 18.8. The molecule has 7 heteroatoms. The summed E-state index contributed by atoms with van der Waals surface area (Å²) in [6.07, 6.45) is 1.46. The number of hydrogen-bond donors (Lipinski definition) is 1. The van der Waals surface area contributed by atoms with E-state index in [0.717, 1.165) is 24.2 Å². The Morgan fingerprint density at radius 1 is 1.24 bits per heavy atom. The van der Waals surface area contributed by atoms with E-state index in [4.69, 9.17) is 4.74 Å². The van der Waals surface area contributed by atoms with Crippen molar-refractivity contribution in [3.05, 3.63) is 53.8 Å². The van der Waals surface area contributed by atoms with Gasteiger partial charge in [-0.1, -0.05) is 13.0 Å². The Morgan fingerprint density at radius 3 is 2.59 bits per heavy atom. The summed E-state index contributed by atoms with van der Waals surface area (Å²) in [5, 5.41) is 2.87. The van der Waals surface area contributed by atoms with Gasteiger partial charge < -0.3 is 15.0 Å². The topological polar surface area (TPSA) is 61.9 Å². The van der Waals surface area contributed by atoms with Crippen LogP contribution in [-0.2, 0) is 16.1 Å². The number of anilines is 2. The van der Waals surface area contributed by atoms with Crippen molar-refractivity contribution in [3.63, 3.8) is 0 Å². The first-order valence-electron chi connectivity index (χ1n) is 9.75. The maximum absolute atomic E-state index is 13.9. The first-order chi connectivity index (χ1) is 14.0. The molecule has 1 N–H and O–H groups in total. The SMILES string of the molecule is CCN(CC(=O)Nc1ccc(N2CCCC2=O)cc1)Cc1ccc(OC)c(F)c1. The molecule has 1 aliphatic rings. The van der Waals surface area contributed by atoms with Gasteiger partial charge in [-0.3, -0.25) is 14.5 Å². The Kier molecular flexibility index (Phi) is 6.82. The highest BCUT2D eigenvalue weighted by molar-refractivity contribution is 5.96. The molecule has 0 aromatic heterocycles. The lowest BCUT2D eigenvalue weighted by Crippen LogP contribution is -2.32. The van der Waals surface area contributed by atoms with Gasteiger partial charge in [0.1, 0.15) is 0 Å². The van der Waals surface area contributed by atoms with Crippen molar-refractivity contribution in [3.8, 4) is 5.75 Å². The maximum atomic E-state index is 13.9. The van der Waals surface area contributed by atoms with Gasteiger partial charge in [0.2, 0.25) is 11.8 Å². The van der Waals surface area contributed by atoms with Crippen LogP contribution >= 0.6 is 0 Å². The second kappa shape index (κ2) is 9.52. The summed E-state index contributed by atoms with van der Waals surface area (Å²) in [6, 6.07) is 12.1. The van der Waals surface area contributed by atoms with Crippen molar-refractivity contribution in [1.82, 2.24) is 4.90 Å². The van der Waals surface area contributed by atoms with E-state index < -0.39 is 5.82 Å². The van der Waals surface area contributed by atoms with Gasteiger partial charge in [-0.05, 0) is 54.9 Å². The molecule has 0 unspecified atom stereocenters. The molecular weight excluding hydrogens is 373 g/mol. The second-order valence-corrected chi connectivity index (χ2v) is 7.02. The quantitative estimate of drug-likeness (QED) is 0.739. The number of amides is 2. The third-order valence-electron chi connectivity index (χ3n) is 4.97. The van der Waals surface area contributed by atoms with Gasteiger partial charge in [0, 0.05) is 30.9 Å². The van der Waals surface area contributed by atoms with Crippen LogP contribution in [0.1, 0.15) is 25.3 Å². The van der Waals surface area contributed by atoms with Crippen LogP contribution in [0.3, 0.4) is 0 Å². The second-order valence-electron chi connectivity index (χ2n) is 7.02. The number of carbonyl (C=O) groups is 2. The number of hydrogen-bond acceptors (Lipinski definition) is 4. The largest absolute Gasteiger partial charge is 0.494 e. The predicted octanol–water partition coefficient (Wildman–Crippen LogP) is 3.42. The number of rotatable bonds is 8. The predicted molar refractivity (Wildman–Crippen MR) is 111 cm³/mol. The minimum atomic E-state index is -0.415. The average Bonchev–Trinajstić information content (AvgIpc) is 3.14. The lowest BCUT2D eigenvalue weighted by molar-refractivity contribution is -0.118. The molecule has 0 radical (unpaired) electrons. The molecule has 0 spiro atoms. The van der Waals surface area contributed by atoms with Crippen molar-refractivity contribution >= 4 is 23.2 Å². The molecule has 0 atom stereocenters. The van der Waals surface area contributed by atoms with Crippen molar-refractivity contribution in [1.29, 1.82) is 0 Å². The average molecular weight is 399 g/mol. The van der Waals surface area contributed by atoms with Gasteiger partial charge in [-0.2, -0.15) is 0 Å². The van der Waals surface area contributed by atoms with Gasteiger partial charge in [-0.15, -0.1) is 0 Å². The zero-order valence-electron chi connectivity index (χ0n) is 16.8. The van der Waals surface area contributed by atoms with E-state index in [2.05, 4.69) is 5.32 Å². The molecule has 3 rings (SSSR count). The van der Waals surface area contributed by atoms with Gasteiger partial charge in [0.25, 0.3) is 0 Å². The fourth-order valence-electron chi connectivity index (χ4n) is 3.40. The third-order valence-corrected chi connectivity index (χ3v) is 4.97. The summed E-state index contributed by atoms with van der Waals surface area (Å²) in [5.74, 6) is -0.225. The number of halogens is 1. The molecular formula is C22H26FN3O3. The van der Waals surface area contributed by atoms with Crippen LogP contribution < -0.4 is 15.0 Å². The summed E-state index contributed by atoms with van der Waals surface area (Å²) >= 11 is 0. The fourth-order valence-corrected chi connectivity index (χ4v) is 3.40. The van der Waals surface area contributed by atoms with Crippen LogP contribution in [0.25, 0.3) is 0 Å². The highest BCUT2D eigenvalue weighted by atomic mass is 19.1. The molecule has 1 heterocycles. The first-order valence-corrected chi connectivity index (χ1v) is 9.75. The molecule has 29 heavy (non-hydrogen) atoms. The Labute approximate surface area is 170 Å². The Bertz CT molecular complexity index is 870. The standard InChI is InChI=1S/C22H26FN3O3/c1-3-25(14-16-6-11-20(29-2)19(23)13-16)15-21(27)24-17-7-9-18(10-8-17)26-12-4-5-22(26)28/h6-11,13H,3-5,12,14-15H2,1-2H3,(H,24,27). The number of ether oxygens (including phenoxy) is 1. The number of carbonyl (C=O) groups excluding carboxylic acids is 2. The molecule has 0 bridgehead atoms. The van der Waals surface area contributed by atoms with Crippen LogP contribution in [-0.4, -0.2) is 43.5 Å². The van der Waals surface area contributed by atoms with Crippen molar-refractivity contribution in [2.75, 3.05) is 37.0 Å². The maximum Gasteiger partial charge on any atom is 0.238 e. The monoisotopic (exact) mass is 399 g/mol. The van der Waals surface area contributed by atoms with E-state index in [9.17, 15) is 14.0 Å². The van der Waals surface area contributed by atoms with E-state index in [-0.39, 0.29) is 24.1 Å². The third kappa shape index (κ3) is 5.32. The zero-order valence-corrected chi connectivity index (χ0v) is 16.8. The van der Waals surface area contributed by atoms with Crippen molar-refractivity contribution < 1.29 is 18.7 Å². The van der Waals surface area contributed by atoms with Gasteiger partial charge >= 0.3 is 0 Å². The summed E-state index contributed by atoms with van der Waals surface area (Å²) in [7, 11) is 1.43. The van der Waals surface area contributed by atoms with Crippen LogP contribution in [0.15, 0.2) is 42.5 Å². The molecule has 2 aromatic carbocycles. The van der Waals surface area contributed by atoms with Crippen molar-refractivity contribution in [2.45, 2.75) is 26.3 Å². The van der Waals surface area contributed by atoms with Gasteiger partial charge in [-0.25, -0.2) is 4.39 Å². The van der Waals surface area contributed by atoms with Crippen LogP contribution in [0.5, 0.6) is 5.75 Å². The zero-order chi connectivity index (χ0) is 20.8. The molecule has 2 amide bonds. The molecule has 0 saturated carbocycles. The fraction of sp³-hybridized carbons (Fsp3) is 0.364. The van der Waals surface area contributed by atoms with E-state index in [1.807, 2.05) is 24.0 Å². The van der Waals surface area contributed by atoms with Crippen molar-refractivity contribution in [2.24, 2.45) is 0 Å². The lowest BCUT2D eigenvalue weighted by atomic mass is 10.2. The normalized spacial score (nSPS) is 13.8. The summed E-state index contributed by atoms with van der Waals surface area (Å²) in [6.45, 7) is 3.99. The molecule has 154 valence electrons. The molecule has 1 fully saturated rings. The number of methoxy groups -OCH3 is 1. The van der Waals surface area contributed by atoms with Gasteiger partial charge in [0.15, 0.2) is 11.6 Å².